The Bertz CT molecular complexity index is 787. The Labute approximate surface area is 131 Å². The van der Waals surface area contributed by atoms with Gasteiger partial charge in [-0.3, -0.25) is 0 Å². The molecule has 4 nitrogen and oxygen atoms in total. The predicted molar refractivity (Wildman–Crippen MR) is 82.9 cm³/mol. The summed E-state index contributed by atoms with van der Waals surface area (Å²) in [7, 11) is 0. The van der Waals surface area contributed by atoms with Crippen molar-refractivity contribution in [1.82, 2.24) is 20.2 Å². The van der Waals surface area contributed by atoms with Crippen LogP contribution < -0.4 is 0 Å². The van der Waals surface area contributed by atoms with E-state index < -0.39 is 0 Å². The maximum atomic E-state index is 6.15. The Morgan fingerprint density at radius 3 is 2.86 bits per heavy atom. The van der Waals surface area contributed by atoms with E-state index in [1.54, 1.807) is 11.8 Å². The van der Waals surface area contributed by atoms with Crippen molar-refractivity contribution in [1.29, 1.82) is 0 Å². The van der Waals surface area contributed by atoms with Gasteiger partial charge < -0.3 is 0 Å². The van der Waals surface area contributed by atoms with Gasteiger partial charge in [0, 0.05) is 21.6 Å². The molecule has 0 spiro atoms. The van der Waals surface area contributed by atoms with Crippen LogP contribution in [-0.4, -0.2) is 20.2 Å². The van der Waals surface area contributed by atoms with Gasteiger partial charge in [0.1, 0.15) is 0 Å². The van der Waals surface area contributed by atoms with E-state index in [-0.39, 0.29) is 5.25 Å². The highest BCUT2D eigenvalue weighted by Gasteiger charge is 2.25. The van der Waals surface area contributed by atoms with Crippen molar-refractivity contribution in [3.8, 4) is 5.69 Å². The van der Waals surface area contributed by atoms with Crippen molar-refractivity contribution in [3.63, 3.8) is 0 Å². The van der Waals surface area contributed by atoms with Crippen LogP contribution in [0.15, 0.2) is 53.4 Å². The van der Waals surface area contributed by atoms with Crippen molar-refractivity contribution in [2.75, 3.05) is 0 Å². The number of aromatic nitrogens is 4. The minimum atomic E-state index is 0.274. The number of thioether (sulfide) groups is 1. The Balaban J connectivity index is 1.86. The molecule has 1 unspecified atom stereocenters. The van der Waals surface area contributed by atoms with Crippen LogP contribution in [0.5, 0.6) is 0 Å². The van der Waals surface area contributed by atoms with E-state index in [0.29, 0.717) is 0 Å². The molecule has 0 N–H and O–H groups in total. The zero-order valence-corrected chi connectivity index (χ0v) is 12.6. The molecular weight excluding hydrogens is 304 g/mol. The lowest BCUT2D eigenvalue weighted by molar-refractivity contribution is 0.748. The van der Waals surface area contributed by atoms with Crippen LogP contribution in [-0.2, 0) is 6.42 Å². The van der Waals surface area contributed by atoms with Crippen molar-refractivity contribution in [2.24, 2.45) is 0 Å². The summed E-state index contributed by atoms with van der Waals surface area (Å²) in [5.74, 6) is 0.873. The molecule has 2 heterocycles. The Hall–Kier alpha value is -1.85. The Morgan fingerprint density at radius 2 is 2.00 bits per heavy atom. The fraction of sp³-hybridized carbons (Fsp3) is 0.133. The summed E-state index contributed by atoms with van der Waals surface area (Å²) in [4.78, 5) is 1.10. The molecule has 0 fully saturated rings. The van der Waals surface area contributed by atoms with Crippen molar-refractivity contribution in [2.45, 2.75) is 16.6 Å². The van der Waals surface area contributed by atoms with Gasteiger partial charge in [-0.25, -0.2) is 0 Å². The third kappa shape index (κ3) is 2.32. The summed E-state index contributed by atoms with van der Waals surface area (Å²) in [5.41, 5.74) is 2.26. The summed E-state index contributed by atoms with van der Waals surface area (Å²) >= 11 is 7.94. The molecule has 0 radical (unpaired) electrons. The fourth-order valence-corrected chi connectivity index (χ4v) is 4.03. The molecule has 0 amide bonds. The number of rotatable bonds is 1. The standard InChI is InChI=1S/C15H11ClN4S/c16-11-6-7-12-14(8-11)21-13(10-4-2-1-3-5-10)9-15-17-18-19-20(12)15/h1-8,13H,9H2. The first-order chi connectivity index (χ1) is 10.3. The van der Waals surface area contributed by atoms with Gasteiger partial charge in [-0.05, 0) is 34.2 Å². The van der Waals surface area contributed by atoms with E-state index in [4.69, 9.17) is 11.6 Å². The third-order valence-electron chi connectivity index (χ3n) is 3.49. The third-order valence-corrected chi connectivity index (χ3v) is 5.03. The molecule has 1 aromatic heterocycles. The van der Waals surface area contributed by atoms with Gasteiger partial charge in [0.2, 0.25) is 0 Å². The molecule has 2 aromatic carbocycles. The first-order valence-electron chi connectivity index (χ1n) is 6.60. The lowest BCUT2D eigenvalue weighted by Crippen LogP contribution is -2.04. The van der Waals surface area contributed by atoms with Gasteiger partial charge in [0.05, 0.1) is 5.69 Å². The Morgan fingerprint density at radius 1 is 1.14 bits per heavy atom. The molecule has 6 heteroatoms. The molecule has 0 saturated carbocycles. The quantitative estimate of drug-likeness (QED) is 0.687. The van der Waals surface area contributed by atoms with Gasteiger partial charge in [-0.1, -0.05) is 41.9 Å². The zero-order valence-electron chi connectivity index (χ0n) is 11.0. The number of nitrogens with zero attached hydrogens (tertiary/aromatic N) is 4. The molecule has 1 aliphatic heterocycles. The predicted octanol–water partition coefficient (Wildman–Crippen LogP) is 3.71. The highest BCUT2D eigenvalue weighted by atomic mass is 35.5. The first-order valence-corrected chi connectivity index (χ1v) is 7.86. The molecule has 1 atom stereocenters. The smallest absolute Gasteiger partial charge is 0.158 e. The summed E-state index contributed by atoms with van der Waals surface area (Å²) in [5, 5.41) is 13.1. The lowest BCUT2D eigenvalue weighted by Gasteiger charge is -2.14. The number of benzene rings is 2. The molecule has 0 aliphatic carbocycles. The van der Waals surface area contributed by atoms with E-state index >= 15 is 0 Å². The van der Waals surface area contributed by atoms with Crippen LogP contribution >= 0.6 is 23.4 Å². The summed E-state index contributed by atoms with van der Waals surface area (Å²) in [6, 6.07) is 16.2. The normalized spacial score (nSPS) is 16.9. The van der Waals surface area contributed by atoms with Crippen LogP contribution in [0, 0.1) is 0 Å². The van der Waals surface area contributed by atoms with E-state index in [1.807, 2.05) is 28.9 Å². The number of hydrogen-bond donors (Lipinski definition) is 0. The topological polar surface area (TPSA) is 43.6 Å². The number of hydrogen-bond acceptors (Lipinski definition) is 4. The molecule has 21 heavy (non-hydrogen) atoms. The van der Waals surface area contributed by atoms with E-state index in [0.717, 1.165) is 27.9 Å². The second-order valence-corrected chi connectivity index (χ2v) is 6.52. The summed E-state index contributed by atoms with van der Waals surface area (Å²) in [6.45, 7) is 0. The fourth-order valence-electron chi connectivity index (χ4n) is 2.49. The molecular formula is C15H11ClN4S. The SMILES string of the molecule is Clc1ccc2c(c1)SC(c1ccccc1)Cc1nnnn1-2. The van der Waals surface area contributed by atoms with Crippen LogP contribution in [0.2, 0.25) is 5.02 Å². The van der Waals surface area contributed by atoms with Gasteiger partial charge >= 0.3 is 0 Å². The number of tetrazole rings is 1. The average molecular weight is 315 g/mol. The van der Waals surface area contributed by atoms with Crippen LogP contribution in [0.3, 0.4) is 0 Å². The highest BCUT2D eigenvalue weighted by Crippen LogP contribution is 2.43. The van der Waals surface area contributed by atoms with Crippen molar-refractivity contribution < 1.29 is 0 Å². The van der Waals surface area contributed by atoms with Gasteiger partial charge in [-0.2, -0.15) is 4.68 Å². The minimum Gasteiger partial charge on any atom is -0.196 e. The maximum absolute atomic E-state index is 6.15. The van der Waals surface area contributed by atoms with Crippen molar-refractivity contribution in [3.05, 3.63) is 64.9 Å². The second kappa shape index (κ2) is 5.16. The molecule has 104 valence electrons. The van der Waals surface area contributed by atoms with E-state index in [9.17, 15) is 0 Å². The zero-order chi connectivity index (χ0) is 14.2. The highest BCUT2D eigenvalue weighted by molar-refractivity contribution is 7.99. The van der Waals surface area contributed by atoms with Gasteiger partial charge in [0.25, 0.3) is 0 Å². The molecule has 3 aromatic rings. The largest absolute Gasteiger partial charge is 0.196 e. The second-order valence-electron chi connectivity index (χ2n) is 4.84. The molecule has 0 saturated heterocycles. The van der Waals surface area contributed by atoms with E-state index in [1.165, 1.54) is 5.56 Å². The molecule has 4 rings (SSSR count). The van der Waals surface area contributed by atoms with Crippen LogP contribution in [0.25, 0.3) is 5.69 Å². The summed E-state index contributed by atoms with van der Waals surface area (Å²) < 4.78 is 1.81. The molecule has 0 bridgehead atoms. The van der Waals surface area contributed by atoms with E-state index in [2.05, 4.69) is 39.8 Å². The maximum Gasteiger partial charge on any atom is 0.158 e. The van der Waals surface area contributed by atoms with Crippen LogP contribution in [0.1, 0.15) is 16.6 Å². The Kier molecular flexibility index (Phi) is 3.16. The average Bonchev–Trinajstić information content (AvgIpc) is 2.90. The monoisotopic (exact) mass is 314 g/mol. The lowest BCUT2D eigenvalue weighted by atomic mass is 10.1. The van der Waals surface area contributed by atoms with Crippen molar-refractivity contribution >= 4 is 23.4 Å². The van der Waals surface area contributed by atoms with Crippen LogP contribution in [0.4, 0.5) is 0 Å². The first kappa shape index (κ1) is 12.9. The van der Waals surface area contributed by atoms with Gasteiger partial charge in [-0.15, -0.1) is 16.9 Å². The summed E-state index contributed by atoms with van der Waals surface area (Å²) in [6.07, 6.45) is 0.786. The minimum absolute atomic E-state index is 0.274. The number of halogens is 1. The number of fused-ring (bicyclic) bond motifs is 3. The molecule has 1 aliphatic rings. The van der Waals surface area contributed by atoms with Gasteiger partial charge in [0.15, 0.2) is 5.82 Å².